The van der Waals surface area contributed by atoms with Gasteiger partial charge in [0.1, 0.15) is 0 Å². The minimum Gasteiger partial charge on any atom is -0.360 e. The molecule has 0 aromatic carbocycles. The summed E-state index contributed by atoms with van der Waals surface area (Å²) in [5.74, 6) is 0.134. The summed E-state index contributed by atoms with van der Waals surface area (Å²) in [4.78, 5) is 22.7. The zero-order valence-corrected chi connectivity index (χ0v) is 14.2. The first-order chi connectivity index (χ1) is 9.79. The van der Waals surface area contributed by atoms with Crippen molar-refractivity contribution in [3.8, 4) is 0 Å². The Bertz CT molecular complexity index is 490. The number of carbonyl (C=O) groups excluding carboxylic acids is 2. The molecule has 7 nitrogen and oxygen atoms in total. The third kappa shape index (κ3) is 6.30. The Kier molecular flexibility index (Phi) is 6.90. The van der Waals surface area contributed by atoms with Crippen molar-refractivity contribution in [1.82, 2.24) is 15.5 Å². The van der Waals surface area contributed by atoms with Crippen LogP contribution in [0.3, 0.4) is 0 Å². The number of nitrogens with zero attached hydrogens (tertiary/aromatic N) is 2. The molecule has 0 saturated carbocycles. The minimum absolute atomic E-state index is 0.0327. The topological polar surface area (TPSA) is 110 Å². The number of anilines is 1. The molecule has 0 spiro atoms. The molecule has 9 heteroatoms. The molecule has 0 aliphatic heterocycles. The molecule has 21 heavy (non-hydrogen) atoms. The van der Waals surface area contributed by atoms with Crippen LogP contribution < -0.4 is 16.4 Å². The lowest BCUT2D eigenvalue weighted by molar-refractivity contribution is -0.120. The summed E-state index contributed by atoms with van der Waals surface area (Å²) in [5.41, 5.74) is 4.98. The molecule has 4 N–H and O–H groups in total. The Morgan fingerprint density at radius 1 is 1.29 bits per heavy atom. The number of nitrogens with one attached hydrogen (secondary N) is 2. The van der Waals surface area contributed by atoms with Crippen LogP contribution in [-0.4, -0.2) is 33.9 Å². The van der Waals surface area contributed by atoms with E-state index < -0.39 is 17.2 Å². The van der Waals surface area contributed by atoms with Crippen molar-refractivity contribution < 1.29 is 9.59 Å². The highest BCUT2D eigenvalue weighted by molar-refractivity contribution is 8.02. The fourth-order valence-electron chi connectivity index (χ4n) is 1.41. The summed E-state index contributed by atoms with van der Waals surface area (Å²) >= 11 is 2.68. The van der Waals surface area contributed by atoms with Gasteiger partial charge in [-0.1, -0.05) is 50.8 Å². The summed E-state index contributed by atoms with van der Waals surface area (Å²) in [6.45, 7) is 8.82. The van der Waals surface area contributed by atoms with Crippen LogP contribution >= 0.6 is 23.1 Å². The molecule has 0 saturated heterocycles. The lowest BCUT2D eigenvalue weighted by atomic mass is 10.1. The Labute approximate surface area is 132 Å². The molecule has 0 aliphatic rings. The van der Waals surface area contributed by atoms with E-state index in [-0.39, 0.29) is 5.92 Å². The van der Waals surface area contributed by atoms with Crippen LogP contribution in [0.4, 0.5) is 9.93 Å². The van der Waals surface area contributed by atoms with Gasteiger partial charge in [0, 0.05) is 6.54 Å². The van der Waals surface area contributed by atoms with Crippen LogP contribution in [0.15, 0.2) is 4.34 Å². The molecule has 1 aromatic rings. The normalized spacial score (nSPS) is 12.5. The molecule has 0 radical (unpaired) electrons. The molecule has 0 bridgehead atoms. The fourth-order valence-corrected chi connectivity index (χ4v) is 3.38. The Balaban J connectivity index is 2.67. The van der Waals surface area contributed by atoms with Crippen molar-refractivity contribution in [1.29, 1.82) is 0 Å². The molecule has 1 rings (SSSR count). The number of nitrogens with two attached hydrogens (primary N) is 1. The number of imide groups is 1. The molecular weight excluding hydrogens is 310 g/mol. The van der Waals surface area contributed by atoms with Crippen LogP contribution in [0.25, 0.3) is 0 Å². The van der Waals surface area contributed by atoms with Crippen molar-refractivity contribution >= 4 is 40.2 Å². The number of hydrogen-bond acceptors (Lipinski definition) is 7. The molecular formula is C12H21N5O2S2. The van der Waals surface area contributed by atoms with Gasteiger partial charge in [0.05, 0.1) is 5.25 Å². The quantitative estimate of drug-likeness (QED) is 0.658. The summed E-state index contributed by atoms with van der Waals surface area (Å²) in [6, 6.07) is -0.845. The average molecular weight is 331 g/mol. The molecule has 1 aromatic heterocycles. The van der Waals surface area contributed by atoms with E-state index >= 15 is 0 Å². The maximum absolute atomic E-state index is 11.9. The second kappa shape index (κ2) is 8.18. The maximum Gasteiger partial charge on any atom is 0.318 e. The first kappa shape index (κ1) is 17.7. The van der Waals surface area contributed by atoms with E-state index in [1.54, 1.807) is 0 Å². The van der Waals surface area contributed by atoms with E-state index in [0.717, 1.165) is 11.7 Å². The lowest BCUT2D eigenvalue weighted by Crippen LogP contribution is -2.42. The van der Waals surface area contributed by atoms with E-state index in [0.29, 0.717) is 10.3 Å². The smallest absolute Gasteiger partial charge is 0.318 e. The Morgan fingerprint density at radius 2 is 1.95 bits per heavy atom. The van der Waals surface area contributed by atoms with Crippen molar-refractivity contribution in [2.24, 2.45) is 17.6 Å². The summed E-state index contributed by atoms with van der Waals surface area (Å²) < 4.78 is 0.680. The molecule has 0 unspecified atom stereocenters. The highest BCUT2D eigenvalue weighted by atomic mass is 32.2. The lowest BCUT2D eigenvalue weighted by Gasteiger charge is -2.16. The summed E-state index contributed by atoms with van der Waals surface area (Å²) in [5, 5.41) is 13.7. The molecule has 118 valence electrons. The van der Waals surface area contributed by atoms with Crippen LogP contribution in [0.5, 0.6) is 0 Å². The predicted octanol–water partition coefficient (Wildman–Crippen LogP) is 1.92. The summed E-state index contributed by atoms with van der Waals surface area (Å²) in [7, 11) is 0. The number of urea groups is 1. The SMILES string of the molecule is CC(C)CNc1nnc(S[C@@H](C(=O)NC(N)=O)C(C)C)s1. The predicted molar refractivity (Wildman–Crippen MR) is 85.4 cm³/mol. The van der Waals surface area contributed by atoms with Gasteiger partial charge in [-0.3, -0.25) is 10.1 Å². The molecule has 3 amide bonds. The third-order valence-electron chi connectivity index (χ3n) is 2.41. The zero-order chi connectivity index (χ0) is 16.0. The van der Waals surface area contributed by atoms with Gasteiger partial charge in [-0.15, -0.1) is 10.2 Å². The van der Waals surface area contributed by atoms with E-state index in [4.69, 9.17) is 5.73 Å². The summed E-state index contributed by atoms with van der Waals surface area (Å²) in [6.07, 6.45) is 0. The van der Waals surface area contributed by atoms with E-state index in [1.807, 2.05) is 13.8 Å². The second-order valence-corrected chi connectivity index (χ2v) is 7.65. The Hall–Kier alpha value is -1.35. The van der Waals surface area contributed by atoms with Crippen molar-refractivity contribution in [3.63, 3.8) is 0 Å². The standard InChI is InChI=1S/C12H21N5O2S2/c1-6(2)5-14-11-16-17-12(21-11)20-8(7(3)4)9(18)15-10(13)19/h6-8H,5H2,1-4H3,(H,14,16)(H3,13,15,18,19)/t8-/m1/s1. The number of amides is 3. The van der Waals surface area contributed by atoms with Crippen molar-refractivity contribution in [2.75, 3.05) is 11.9 Å². The van der Waals surface area contributed by atoms with Gasteiger partial charge in [0.15, 0.2) is 4.34 Å². The van der Waals surface area contributed by atoms with E-state index in [2.05, 4.69) is 34.7 Å². The van der Waals surface area contributed by atoms with Crippen LogP contribution in [-0.2, 0) is 4.79 Å². The average Bonchev–Trinajstić information content (AvgIpc) is 2.79. The van der Waals surface area contributed by atoms with Gasteiger partial charge in [0.2, 0.25) is 11.0 Å². The van der Waals surface area contributed by atoms with Gasteiger partial charge < -0.3 is 11.1 Å². The molecule has 0 aliphatic carbocycles. The monoisotopic (exact) mass is 331 g/mol. The molecule has 1 heterocycles. The number of primary amides is 1. The fraction of sp³-hybridized carbons (Fsp3) is 0.667. The number of thioether (sulfide) groups is 1. The number of carbonyl (C=O) groups is 2. The first-order valence-electron chi connectivity index (χ1n) is 6.64. The second-order valence-electron chi connectivity index (χ2n) is 5.28. The van der Waals surface area contributed by atoms with Crippen LogP contribution in [0.2, 0.25) is 0 Å². The minimum atomic E-state index is -0.845. The maximum atomic E-state index is 11.9. The third-order valence-corrected chi connectivity index (χ3v) is 4.92. The first-order valence-corrected chi connectivity index (χ1v) is 8.33. The highest BCUT2D eigenvalue weighted by Gasteiger charge is 2.26. The zero-order valence-electron chi connectivity index (χ0n) is 12.5. The highest BCUT2D eigenvalue weighted by Crippen LogP contribution is 2.32. The Morgan fingerprint density at radius 3 is 2.48 bits per heavy atom. The van der Waals surface area contributed by atoms with Crippen molar-refractivity contribution in [2.45, 2.75) is 37.3 Å². The van der Waals surface area contributed by atoms with Gasteiger partial charge in [0.25, 0.3) is 0 Å². The molecule has 1 atom stereocenters. The van der Waals surface area contributed by atoms with E-state index in [1.165, 1.54) is 23.1 Å². The number of rotatable bonds is 7. The van der Waals surface area contributed by atoms with Gasteiger partial charge in [-0.2, -0.15) is 0 Å². The van der Waals surface area contributed by atoms with Gasteiger partial charge in [-0.25, -0.2) is 4.79 Å². The molecule has 0 fully saturated rings. The van der Waals surface area contributed by atoms with Crippen LogP contribution in [0, 0.1) is 11.8 Å². The van der Waals surface area contributed by atoms with E-state index in [9.17, 15) is 9.59 Å². The van der Waals surface area contributed by atoms with Gasteiger partial charge >= 0.3 is 6.03 Å². The van der Waals surface area contributed by atoms with Crippen LogP contribution in [0.1, 0.15) is 27.7 Å². The van der Waals surface area contributed by atoms with Crippen molar-refractivity contribution in [3.05, 3.63) is 0 Å². The largest absolute Gasteiger partial charge is 0.360 e. The van der Waals surface area contributed by atoms with Gasteiger partial charge in [-0.05, 0) is 11.8 Å². The number of hydrogen-bond donors (Lipinski definition) is 3. The number of aromatic nitrogens is 2.